The van der Waals surface area contributed by atoms with Crippen LogP contribution in [-0.2, 0) is 10.1 Å². The van der Waals surface area contributed by atoms with Gasteiger partial charge in [0.25, 0.3) is 10.1 Å². The van der Waals surface area contributed by atoms with Crippen LogP contribution in [0.4, 0.5) is 0 Å². The van der Waals surface area contributed by atoms with Crippen LogP contribution in [0.15, 0.2) is 0 Å². The molecule has 0 aliphatic heterocycles. The summed E-state index contributed by atoms with van der Waals surface area (Å²) >= 11 is 0. The van der Waals surface area contributed by atoms with Crippen molar-refractivity contribution in [3.63, 3.8) is 0 Å². The molecular formula is C6H16O3SSi. The molecule has 0 unspecified atom stereocenters. The van der Waals surface area contributed by atoms with E-state index in [1.54, 1.807) is 0 Å². The molecule has 0 rings (SSSR count). The van der Waals surface area contributed by atoms with Gasteiger partial charge in [0, 0.05) is 9.44 Å². The second-order valence-corrected chi connectivity index (χ2v) is 9.95. The number of hydrogen-bond donors (Lipinski definition) is 1. The van der Waals surface area contributed by atoms with Crippen molar-refractivity contribution in [2.24, 2.45) is 0 Å². The minimum Gasteiger partial charge on any atom is -0.286 e. The molecule has 5 heteroatoms. The lowest BCUT2D eigenvalue weighted by atomic mass is 10.6. The molecule has 0 radical (unpaired) electrons. The maximum Gasteiger partial charge on any atom is 0.264 e. The van der Waals surface area contributed by atoms with E-state index in [4.69, 9.17) is 5.92 Å². The third-order valence-electron chi connectivity index (χ3n) is 1.26. The van der Waals surface area contributed by atoms with Gasteiger partial charge in [-0.1, -0.05) is 25.7 Å². The molecule has 0 amide bonds. The molecule has 0 aliphatic carbocycles. The van der Waals surface area contributed by atoms with E-state index in [2.05, 4.69) is 0 Å². The first kappa shape index (κ1) is 9.22. The Morgan fingerprint density at radius 3 is 2.45 bits per heavy atom. The Morgan fingerprint density at radius 1 is 1.55 bits per heavy atom. The van der Waals surface area contributed by atoms with Crippen LogP contribution >= 0.6 is 0 Å². The highest BCUT2D eigenvalue weighted by atomic mass is 32.2. The van der Waals surface area contributed by atoms with Crippen molar-refractivity contribution in [2.75, 3.05) is 5.75 Å². The summed E-state index contributed by atoms with van der Waals surface area (Å²) in [6, 6.07) is 0.788. The normalized spacial score (nSPS) is 14.6. The van der Waals surface area contributed by atoms with Gasteiger partial charge in [-0.2, -0.15) is 8.42 Å². The van der Waals surface area contributed by atoms with Gasteiger partial charge in [-0.3, -0.25) is 4.55 Å². The van der Waals surface area contributed by atoms with Crippen molar-refractivity contribution in [3.05, 3.63) is 0 Å². The lowest BCUT2D eigenvalue weighted by Crippen LogP contribution is -2.20. The van der Waals surface area contributed by atoms with Gasteiger partial charge in [0.15, 0.2) is 0 Å². The molecular weight excluding hydrogens is 180 g/mol. The fourth-order valence-corrected chi connectivity index (χ4v) is 2.63. The third-order valence-corrected chi connectivity index (χ3v) is 3.77. The molecule has 0 saturated carbocycles. The van der Waals surface area contributed by atoms with Crippen LogP contribution in [0.5, 0.6) is 0 Å². The van der Waals surface area contributed by atoms with Crippen LogP contribution in [0.25, 0.3) is 0 Å². The Morgan fingerprint density at radius 2 is 2.09 bits per heavy atom. The Bertz CT molecular complexity index is 225. The third kappa shape index (κ3) is 10.1. The van der Waals surface area contributed by atoms with E-state index in [9.17, 15) is 8.42 Å². The van der Waals surface area contributed by atoms with Gasteiger partial charge in [-0.05, 0) is 6.42 Å². The van der Waals surface area contributed by atoms with Crippen molar-refractivity contribution in [3.8, 4) is 0 Å². The van der Waals surface area contributed by atoms with E-state index >= 15 is 0 Å². The summed E-state index contributed by atoms with van der Waals surface area (Å²) in [6.07, 6.45) is 0.483. The first-order valence-electron chi connectivity index (χ1n) is 4.22. The summed E-state index contributed by atoms with van der Waals surface area (Å²) in [4.78, 5) is 0. The fraction of sp³-hybridized carbons (Fsp3) is 1.00. The molecule has 11 heavy (non-hydrogen) atoms. The van der Waals surface area contributed by atoms with Crippen molar-refractivity contribution in [1.82, 2.24) is 0 Å². The topological polar surface area (TPSA) is 54.4 Å². The first-order chi connectivity index (χ1) is 5.27. The molecule has 0 aliphatic rings. The summed E-state index contributed by atoms with van der Waals surface area (Å²) in [5.74, 6) is -0.163. The van der Waals surface area contributed by atoms with Crippen LogP contribution in [0.1, 0.15) is 7.79 Å². The van der Waals surface area contributed by atoms with Gasteiger partial charge in [0.05, 0.1) is 5.75 Å². The lowest BCUT2D eigenvalue weighted by molar-refractivity contribution is 0.482. The van der Waals surface area contributed by atoms with E-state index in [0.29, 0.717) is 12.9 Å². The highest BCUT2D eigenvalue weighted by Gasteiger charge is 2.14. The Labute approximate surface area is 71.0 Å². The second kappa shape index (κ2) is 3.69. The van der Waals surface area contributed by atoms with Crippen molar-refractivity contribution in [1.29, 1.82) is 0 Å². The summed E-state index contributed by atoms with van der Waals surface area (Å²) < 4.78 is 36.3. The van der Waals surface area contributed by atoms with Crippen molar-refractivity contribution >= 4 is 18.2 Å². The Kier molecular flexibility index (Phi) is 3.09. The molecule has 3 nitrogen and oxygen atoms in total. The number of rotatable bonds is 4. The molecule has 68 valence electrons. The van der Waals surface area contributed by atoms with E-state index in [1.807, 2.05) is 13.1 Å². The van der Waals surface area contributed by atoms with E-state index in [1.165, 1.54) is 0 Å². The summed E-state index contributed by atoms with van der Waals surface area (Å²) in [5.41, 5.74) is 0. The molecule has 0 heterocycles. The molecule has 0 saturated heterocycles. The minimum atomic E-state index is -3.79. The predicted octanol–water partition coefficient (Wildman–Crippen LogP) is 1.60. The van der Waals surface area contributed by atoms with E-state index in [-0.39, 0.29) is 5.75 Å². The van der Waals surface area contributed by atoms with Gasteiger partial charge in [0.1, 0.15) is 0 Å². The van der Waals surface area contributed by atoms with Gasteiger partial charge in [-0.15, -0.1) is 0 Å². The van der Waals surface area contributed by atoms with E-state index in [0.717, 1.165) is 6.04 Å². The molecule has 0 fully saturated rings. The fourth-order valence-electron chi connectivity index (χ4n) is 0.733. The average molecular weight is 197 g/mol. The van der Waals surface area contributed by atoms with Crippen LogP contribution < -0.4 is 0 Å². The van der Waals surface area contributed by atoms with Crippen LogP contribution in [0, 0.1) is 0 Å². The molecule has 1 N–H and O–H groups in total. The van der Waals surface area contributed by atoms with Crippen molar-refractivity contribution in [2.45, 2.75) is 32.1 Å². The quantitative estimate of drug-likeness (QED) is 0.550. The lowest BCUT2D eigenvalue weighted by Gasteiger charge is -2.13. The SMILES string of the molecule is [2H]C[Si](C)(C)CCCS(=O)(=O)O. The van der Waals surface area contributed by atoms with Gasteiger partial charge in [-0.25, -0.2) is 0 Å². The predicted molar refractivity (Wildman–Crippen MR) is 49.2 cm³/mol. The monoisotopic (exact) mass is 197 g/mol. The van der Waals surface area contributed by atoms with Gasteiger partial charge >= 0.3 is 0 Å². The molecule has 0 aromatic rings. The Balaban J connectivity index is 3.72. The largest absolute Gasteiger partial charge is 0.286 e. The van der Waals surface area contributed by atoms with Crippen molar-refractivity contribution < 1.29 is 14.3 Å². The summed E-state index contributed by atoms with van der Waals surface area (Å²) in [7, 11) is -5.28. The zero-order chi connectivity index (χ0) is 9.83. The maximum absolute atomic E-state index is 10.3. The van der Waals surface area contributed by atoms with Crippen LogP contribution in [0.2, 0.25) is 25.7 Å². The molecule has 0 aromatic carbocycles. The maximum atomic E-state index is 10.3. The minimum absolute atomic E-state index is 0.163. The standard InChI is InChI=1S/C6H16O3SSi/c1-11(2,3)6-4-5-10(7,8)9/h4-6H2,1-3H3,(H,7,8,9)/i1D. The van der Waals surface area contributed by atoms with Crippen LogP contribution in [-0.4, -0.2) is 26.8 Å². The summed E-state index contributed by atoms with van der Waals surface area (Å²) in [5, 5.41) is 0. The highest BCUT2D eigenvalue weighted by Crippen LogP contribution is 2.11. The molecule has 0 spiro atoms. The van der Waals surface area contributed by atoms with Crippen LogP contribution in [0.3, 0.4) is 0 Å². The zero-order valence-corrected chi connectivity index (χ0v) is 8.82. The zero-order valence-electron chi connectivity index (χ0n) is 8.00. The first-order valence-corrected chi connectivity index (χ1v) is 8.54. The second-order valence-electron chi connectivity index (χ2n) is 3.55. The van der Waals surface area contributed by atoms with Gasteiger partial charge in [0.2, 0.25) is 0 Å². The number of hydrogen-bond acceptors (Lipinski definition) is 2. The summed E-state index contributed by atoms with van der Waals surface area (Å²) in [6.45, 7) is 4.51. The smallest absolute Gasteiger partial charge is 0.264 e. The average Bonchev–Trinajstić information content (AvgIpc) is 1.84. The van der Waals surface area contributed by atoms with Gasteiger partial charge < -0.3 is 0 Å². The van der Waals surface area contributed by atoms with E-state index < -0.39 is 18.2 Å². The Hall–Kier alpha value is 0.127. The molecule has 0 aromatic heterocycles. The molecule has 0 bridgehead atoms. The highest BCUT2D eigenvalue weighted by molar-refractivity contribution is 7.85. The molecule has 0 atom stereocenters.